The lowest BCUT2D eigenvalue weighted by molar-refractivity contribution is 0.299. The van der Waals surface area contributed by atoms with Crippen LogP contribution in [0.3, 0.4) is 0 Å². The molecule has 0 unspecified atom stereocenters. The summed E-state index contributed by atoms with van der Waals surface area (Å²) in [5, 5.41) is 0. The molecule has 1 heterocycles. The molecule has 6 nitrogen and oxygen atoms in total. The Morgan fingerprint density at radius 2 is 2.05 bits per heavy atom. The summed E-state index contributed by atoms with van der Waals surface area (Å²) in [7, 11) is -1.65. The smallest absolute Gasteiger partial charge is 0.279 e. The van der Waals surface area contributed by atoms with Crippen molar-refractivity contribution in [2.24, 2.45) is 0 Å². The van der Waals surface area contributed by atoms with E-state index in [1.807, 2.05) is 0 Å². The molecule has 1 aromatic rings. The van der Waals surface area contributed by atoms with Gasteiger partial charge >= 0.3 is 0 Å². The highest BCUT2D eigenvalue weighted by Gasteiger charge is 2.37. The number of aromatic nitrogens is 2. The van der Waals surface area contributed by atoms with Crippen LogP contribution in [-0.2, 0) is 10.2 Å². The Bertz CT molecular complexity index is 531. The topological polar surface area (TPSA) is 78.1 Å². The first kappa shape index (κ1) is 14.0. The highest BCUT2D eigenvalue weighted by Crippen LogP contribution is 2.35. The van der Waals surface area contributed by atoms with Crippen molar-refractivity contribution < 1.29 is 8.42 Å². The minimum atomic E-state index is -3.34. The van der Waals surface area contributed by atoms with Gasteiger partial charge in [0, 0.05) is 37.4 Å². The van der Waals surface area contributed by atoms with Gasteiger partial charge in [0.15, 0.2) is 0 Å². The summed E-state index contributed by atoms with van der Waals surface area (Å²) in [5.74, 6) is 1.32. The third-order valence-corrected chi connectivity index (χ3v) is 6.27. The van der Waals surface area contributed by atoms with E-state index in [1.165, 1.54) is 4.31 Å². The summed E-state index contributed by atoms with van der Waals surface area (Å²) in [5.41, 5.74) is 0. The molecule has 2 aliphatic rings. The number of hydrogen-bond donors (Lipinski definition) is 2. The second kappa shape index (κ2) is 5.46. The second-order valence-corrected chi connectivity index (χ2v) is 7.68. The number of nitrogens with one attached hydrogen (secondary N) is 2. The highest BCUT2D eigenvalue weighted by molar-refractivity contribution is 7.87. The second-order valence-electron chi connectivity index (χ2n) is 5.92. The van der Waals surface area contributed by atoms with Gasteiger partial charge in [0.25, 0.3) is 10.2 Å². The standard InChI is InChI=1S/C13H22N4O2S/c1-17(12-4-2-3-5-12)20(18,19)16-11-8-10(9-11)13-14-6-7-15-13/h6-7,10-12,16H,2-5,8-9H2,1H3,(H,14,15). The van der Waals surface area contributed by atoms with Crippen LogP contribution in [0.25, 0.3) is 0 Å². The molecule has 0 radical (unpaired) electrons. The molecule has 0 atom stereocenters. The van der Waals surface area contributed by atoms with Crippen LogP contribution in [0.1, 0.15) is 50.3 Å². The maximum Gasteiger partial charge on any atom is 0.279 e. The molecule has 2 N–H and O–H groups in total. The Labute approximate surface area is 120 Å². The van der Waals surface area contributed by atoms with Crippen molar-refractivity contribution >= 4 is 10.2 Å². The molecular formula is C13H22N4O2S. The Morgan fingerprint density at radius 3 is 2.65 bits per heavy atom. The zero-order valence-electron chi connectivity index (χ0n) is 11.7. The summed E-state index contributed by atoms with van der Waals surface area (Å²) in [6.45, 7) is 0. The molecule has 0 spiro atoms. The Balaban J connectivity index is 1.53. The molecule has 2 saturated carbocycles. The predicted octanol–water partition coefficient (Wildman–Crippen LogP) is 1.36. The summed E-state index contributed by atoms with van der Waals surface area (Å²) >= 11 is 0. The van der Waals surface area contributed by atoms with Gasteiger partial charge in [-0.05, 0) is 25.7 Å². The molecule has 112 valence electrons. The average molecular weight is 298 g/mol. The fourth-order valence-electron chi connectivity index (χ4n) is 3.20. The van der Waals surface area contributed by atoms with Gasteiger partial charge in [-0.2, -0.15) is 17.4 Å². The molecule has 0 saturated heterocycles. The summed E-state index contributed by atoms with van der Waals surface area (Å²) in [4.78, 5) is 7.32. The molecule has 2 aliphatic carbocycles. The SMILES string of the molecule is CN(C1CCCC1)S(=O)(=O)NC1CC(c2ncc[nH]2)C1. The molecule has 1 aromatic heterocycles. The van der Waals surface area contributed by atoms with Crippen molar-refractivity contribution in [3.63, 3.8) is 0 Å². The lowest BCUT2D eigenvalue weighted by Crippen LogP contribution is -2.50. The third-order valence-electron chi connectivity index (χ3n) is 4.58. The van der Waals surface area contributed by atoms with Crippen LogP contribution in [-0.4, -0.2) is 41.8 Å². The van der Waals surface area contributed by atoms with Gasteiger partial charge < -0.3 is 4.98 Å². The summed E-state index contributed by atoms with van der Waals surface area (Å²) < 4.78 is 29.0. The van der Waals surface area contributed by atoms with Crippen LogP contribution in [0, 0.1) is 0 Å². The minimum Gasteiger partial charge on any atom is -0.348 e. The number of imidazole rings is 1. The molecule has 0 aromatic carbocycles. The van der Waals surface area contributed by atoms with E-state index >= 15 is 0 Å². The number of nitrogens with zero attached hydrogens (tertiary/aromatic N) is 2. The minimum absolute atomic E-state index is 0.0407. The molecule has 0 aliphatic heterocycles. The van der Waals surface area contributed by atoms with Crippen LogP contribution in [0.4, 0.5) is 0 Å². The molecule has 0 amide bonds. The first-order valence-corrected chi connectivity index (χ1v) is 8.75. The van der Waals surface area contributed by atoms with Crippen LogP contribution in [0.5, 0.6) is 0 Å². The van der Waals surface area contributed by atoms with Crippen molar-refractivity contribution in [1.29, 1.82) is 0 Å². The third kappa shape index (κ3) is 2.75. The van der Waals surface area contributed by atoms with Crippen molar-refractivity contribution in [1.82, 2.24) is 19.0 Å². The molecule has 0 bridgehead atoms. The normalized spacial score (nSPS) is 27.9. The number of aromatic amines is 1. The quantitative estimate of drug-likeness (QED) is 0.861. The Morgan fingerprint density at radius 1 is 1.35 bits per heavy atom. The van der Waals surface area contributed by atoms with Gasteiger partial charge in [-0.25, -0.2) is 4.98 Å². The lowest BCUT2D eigenvalue weighted by Gasteiger charge is -2.36. The van der Waals surface area contributed by atoms with E-state index in [9.17, 15) is 8.42 Å². The van der Waals surface area contributed by atoms with Gasteiger partial charge in [-0.1, -0.05) is 12.8 Å². The molecule has 20 heavy (non-hydrogen) atoms. The number of rotatable bonds is 5. The van der Waals surface area contributed by atoms with Crippen LogP contribution in [0.15, 0.2) is 12.4 Å². The van der Waals surface area contributed by atoms with Crippen molar-refractivity contribution in [2.45, 2.75) is 56.5 Å². The zero-order valence-corrected chi connectivity index (χ0v) is 12.6. The molecule has 7 heteroatoms. The maximum atomic E-state index is 12.3. The monoisotopic (exact) mass is 298 g/mol. The van der Waals surface area contributed by atoms with E-state index in [0.717, 1.165) is 44.3 Å². The van der Waals surface area contributed by atoms with E-state index in [2.05, 4.69) is 14.7 Å². The van der Waals surface area contributed by atoms with Crippen molar-refractivity contribution in [3.8, 4) is 0 Å². The van der Waals surface area contributed by atoms with Gasteiger partial charge in [0.1, 0.15) is 5.82 Å². The molecule has 2 fully saturated rings. The first-order chi connectivity index (χ1) is 9.56. The van der Waals surface area contributed by atoms with Crippen molar-refractivity contribution in [3.05, 3.63) is 18.2 Å². The molecule has 3 rings (SSSR count). The van der Waals surface area contributed by atoms with Crippen molar-refractivity contribution in [2.75, 3.05) is 7.05 Å². The van der Waals surface area contributed by atoms with Crippen LogP contribution in [0.2, 0.25) is 0 Å². The van der Waals surface area contributed by atoms with E-state index in [4.69, 9.17) is 0 Å². The first-order valence-electron chi connectivity index (χ1n) is 7.31. The fraction of sp³-hybridized carbons (Fsp3) is 0.769. The van der Waals surface area contributed by atoms with Gasteiger partial charge in [0.05, 0.1) is 0 Å². The lowest BCUT2D eigenvalue weighted by atomic mass is 9.80. The highest BCUT2D eigenvalue weighted by atomic mass is 32.2. The number of hydrogen-bond acceptors (Lipinski definition) is 3. The number of H-pyrrole nitrogens is 1. The Hall–Kier alpha value is -0.920. The summed E-state index contributed by atoms with van der Waals surface area (Å²) in [6, 6.07) is 0.215. The largest absolute Gasteiger partial charge is 0.348 e. The fourth-order valence-corrected chi connectivity index (χ4v) is 4.58. The van der Waals surface area contributed by atoms with E-state index in [-0.39, 0.29) is 12.1 Å². The van der Waals surface area contributed by atoms with Gasteiger partial charge in [-0.15, -0.1) is 0 Å². The summed E-state index contributed by atoms with van der Waals surface area (Å²) in [6.07, 6.45) is 9.43. The Kier molecular flexibility index (Phi) is 3.83. The molecular weight excluding hydrogens is 276 g/mol. The zero-order chi connectivity index (χ0) is 14.2. The van der Waals surface area contributed by atoms with E-state index in [1.54, 1.807) is 19.4 Å². The maximum absolute atomic E-state index is 12.3. The van der Waals surface area contributed by atoms with Gasteiger partial charge in [0.2, 0.25) is 0 Å². The van der Waals surface area contributed by atoms with Gasteiger partial charge in [-0.3, -0.25) is 0 Å². The van der Waals surface area contributed by atoms with E-state index in [0.29, 0.717) is 5.92 Å². The van der Waals surface area contributed by atoms with E-state index < -0.39 is 10.2 Å². The van der Waals surface area contributed by atoms with Crippen LogP contribution >= 0.6 is 0 Å². The average Bonchev–Trinajstić information content (AvgIpc) is 3.04. The predicted molar refractivity (Wildman–Crippen MR) is 76.4 cm³/mol. The van der Waals surface area contributed by atoms with Crippen LogP contribution < -0.4 is 4.72 Å².